The molecule has 3 rings (SSSR count). The third kappa shape index (κ3) is 2.46. The fourth-order valence-corrected chi connectivity index (χ4v) is 2.82. The highest BCUT2D eigenvalue weighted by atomic mass is 35.5. The predicted molar refractivity (Wildman–Crippen MR) is 76.4 cm³/mol. The van der Waals surface area contributed by atoms with Crippen LogP contribution in [-0.2, 0) is 0 Å². The Morgan fingerprint density at radius 3 is 2.95 bits per heavy atom. The van der Waals surface area contributed by atoms with Crippen molar-refractivity contribution < 1.29 is 4.79 Å². The molecule has 1 amide bonds. The Balaban J connectivity index is 1.81. The van der Waals surface area contributed by atoms with Gasteiger partial charge in [-0.2, -0.15) is 0 Å². The topological polar surface area (TPSA) is 70.9 Å². The van der Waals surface area contributed by atoms with E-state index in [0.29, 0.717) is 10.7 Å². The Bertz CT molecular complexity index is 622. The van der Waals surface area contributed by atoms with Crippen LogP contribution in [-0.4, -0.2) is 23.0 Å². The number of nitrogens with one attached hydrogen (secondary N) is 2. The lowest BCUT2D eigenvalue weighted by atomic mass is 10.2. The van der Waals surface area contributed by atoms with E-state index in [1.165, 1.54) is 0 Å². The van der Waals surface area contributed by atoms with Crippen molar-refractivity contribution in [3.05, 3.63) is 35.0 Å². The summed E-state index contributed by atoms with van der Waals surface area (Å²) >= 11 is 5.93. The maximum absolute atomic E-state index is 12.2. The molecular weight excluding hydrogens is 262 g/mol. The number of benzene rings is 1. The quantitative estimate of drug-likeness (QED) is 0.789. The van der Waals surface area contributed by atoms with E-state index < -0.39 is 0 Å². The van der Waals surface area contributed by atoms with E-state index in [4.69, 9.17) is 17.3 Å². The lowest BCUT2D eigenvalue weighted by Gasteiger charge is -2.16. The number of amides is 1. The number of nitrogens with two attached hydrogens (primary N) is 1. The van der Waals surface area contributed by atoms with Gasteiger partial charge < -0.3 is 16.0 Å². The molecule has 1 aromatic carbocycles. The number of rotatable bonds is 2. The molecule has 4 N–H and O–H groups in total. The highest BCUT2D eigenvalue weighted by Gasteiger charge is 2.26. The zero-order valence-corrected chi connectivity index (χ0v) is 11.2. The van der Waals surface area contributed by atoms with Crippen molar-refractivity contribution in [2.75, 3.05) is 0 Å². The summed E-state index contributed by atoms with van der Waals surface area (Å²) in [4.78, 5) is 15.3. The van der Waals surface area contributed by atoms with Crippen molar-refractivity contribution in [3.63, 3.8) is 0 Å². The zero-order chi connectivity index (χ0) is 13.4. The third-order valence-electron chi connectivity index (χ3n) is 3.71. The van der Waals surface area contributed by atoms with Gasteiger partial charge in [-0.25, -0.2) is 0 Å². The van der Waals surface area contributed by atoms with Gasteiger partial charge in [-0.3, -0.25) is 4.79 Å². The van der Waals surface area contributed by atoms with E-state index in [0.717, 1.165) is 30.2 Å². The molecule has 5 heteroatoms. The molecule has 1 heterocycles. The maximum Gasteiger partial charge on any atom is 0.268 e. The van der Waals surface area contributed by atoms with E-state index >= 15 is 0 Å². The standard InChI is InChI=1S/C14H16ClN3O/c15-9-4-5-11-8(6-9)7-13(17-11)14(19)18-12-3-1-2-10(12)16/h4-7,10,12,17H,1-3,16H2,(H,18,19)/t10-,12+/m0/s1. The van der Waals surface area contributed by atoms with Crippen LogP contribution in [0.4, 0.5) is 0 Å². The van der Waals surface area contributed by atoms with E-state index in [1.54, 1.807) is 6.07 Å². The Morgan fingerprint density at radius 2 is 2.21 bits per heavy atom. The largest absolute Gasteiger partial charge is 0.351 e. The minimum atomic E-state index is -0.102. The first-order valence-corrected chi connectivity index (χ1v) is 6.86. The van der Waals surface area contributed by atoms with E-state index in [1.807, 2.05) is 18.2 Å². The van der Waals surface area contributed by atoms with Gasteiger partial charge in [0.15, 0.2) is 0 Å². The van der Waals surface area contributed by atoms with Gasteiger partial charge in [0.05, 0.1) is 0 Å². The van der Waals surface area contributed by atoms with Crippen LogP contribution in [0.15, 0.2) is 24.3 Å². The lowest BCUT2D eigenvalue weighted by Crippen LogP contribution is -2.44. The number of aromatic amines is 1. The molecule has 1 aliphatic rings. The van der Waals surface area contributed by atoms with Crippen LogP contribution < -0.4 is 11.1 Å². The second-order valence-corrected chi connectivity index (χ2v) is 5.53. The highest BCUT2D eigenvalue weighted by molar-refractivity contribution is 6.31. The van der Waals surface area contributed by atoms with Crippen molar-refractivity contribution >= 4 is 28.4 Å². The molecule has 1 fully saturated rings. The molecule has 1 saturated carbocycles. The molecule has 0 spiro atoms. The Labute approximate surface area is 116 Å². The van der Waals surface area contributed by atoms with Crippen LogP contribution >= 0.6 is 11.6 Å². The lowest BCUT2D eigenvalue weighted by molar-refractivity contribution is 0.0930. The fraction of sp³-hybridized carbons (Fsp3) is 0.357. The molecule has 100 valence electrons. The second-order valence-electron chi connectivity index (χ2n) is 5.09. The number of aromatic nitrogens is 1. The smallest absolute Gasteiger partial charge is 0.268 e. The molecule has 1 aliphatic carbocycles. The van der Waals surface area contributed by atoms with E-state index in [2.05, 4.69) is 10.3 Å². The third-order valence-corrected chi connectivity index (χ3v) is 3.95. The average Bonchev–Trinajstić information content (AvgIpc) is 2.96. The SMILES string of the molecule is N[C@H]1CCC[C@H]1NC(=O)c1cc2cc(Cl)ccc2[nH]1. The molecule has 4 nitrogen and oxygen atoms in total. The number of carbonyl (C=O) groups is 1. The van der Waals surface area contributed by atoms with Crippen LogP contribution in [0.2, 0.25) is 5.02 Å². The van der Waals surface area contributed by atoms with Gasteiger partial charge >= 0.3 is 0 Å². The van der Waals surface area contributed by atoms with Crippen molar-refractivity contribution in [3.8, 4) is 0 Å². The summed E-state index contributed by atoms with van der Waals surface area (Å²) < 4.78 is 0. The van der Waals surface area contributed by atoms with Crippen LogP contribution in [0.25, 0.3) is 10.9 Å². The molecule has 0 unspecified atom stereocenters. The summed E-state index contributed by atoms with van der Waals surface area (Å²) in [7, 11) is 0. The number of halogens is 1. The predicted octanol–water partition coefficient (Wildman–Crippen LogP) is 2.43. The van der Waals surface area contributed by atoms with Crippen molar-refractivity contribution in [2.45, 2.75) is 31.3 Å². The Kier molecular flexibility index (Phi) is 3.21. The number of carbonyl (C=O) groups excluding carboxylic acids is 1. The summed E-state index contributed by atoms with van der Waals surface area (Å²) in [6, 6.07) is 7.48. The molecule has 1 aromatic heterocycles. The Hall–Kier alpha value is -1.52. The summed E-state index contributed by atoms with van der Waals surface area (Å²) in [6.45, 7) is 0. The first-order chi connectivity index (χ1) is 9.13. The maximum atomic E-state index is 12.2. The van der Waals surface area contributed by atoms with Crippen molar-refractivity contribution in [2.24, 2.45) is 5.73 Å². The van der Waals surface area contributed by atoms with Crippen LogP contribution in [0.5, 0.6) is 0 Å². The van der Waals surface area contributed by atoms with Crippen LogP contribution in [0.1, 0.15) is 29.8 Å². The zero-order valence-electron chi connectivity index (χ0n) is 10.4. The van der Waals surface area contributed by atoms with Crippen LogP contribution in [0, 0.1) is 0 Å². The molecule has 2 aromatic rings. The number of hydrogen-bond acceptors (Lipinski definition) is 2. The highest BCUT2D eigenvalue weighted by Crippen LogP contribution is 2.21. The number of hydrogen-bond donors (Lipinski definition) is 3. The summed E-state index contributed by atoms with van der Waals surface area (Å²) in [5.41, 5.74) is 7.42. The van der Waals surface area contributed by atoms with Gasteiger partial charge in [0.2, 0.25) is 0 Å². The minimum Gasteiger partial charge on any atom is -0.351 e. The number of H-pyrrole nitrogens is 1. The van der Waals surface area contributed by atoms with E-state index in [9.17, 15) is 4.79 Å². The fourth-order valence-electron chi connectivity index (χ4n) is 2.64. The number of fused-ring (bicyclic) bond motifs is 1. The van der Waals surface area contributed by atoms with Crippen molar-refractivity contribution in [1.29, 1.82) is 0 Å². The molecule has 0 saturated heterocycles. The summed E-state index contributed by atoms with van der Waals surface area (Å²) in [6.07, 6.45) is 3.01. The first kappa shape index (κ1) is 12.5. The van der Waals surface area contributed by atoms with Crippen LogP contribution in [0.3, 0.4) is 0 Å². The summed E-state index contributed by atoms with van der Waals surface area (Å²) in [5.74, 6) is -0.102. The average molecular weight is 278 g/mol. The first-order valence-electron chi connectivity index (χ1n) is 6.48. The summed E-state index contributed by atoms with van der Waals surface area (Å²) in [5, 5.41) is 4.59. The molecule has 0 radical (unpaired) electrons. The van der Waals surface area contributed by atoms with E-state index in [-0.39, 0.29) is 18.0 Å². The van der Waals surface area contributed by atoms with Gasteiger partial charge in [0.1, 0.15) is 5.69 Å². The molecule has 19 heavy (non-hydrogen) atoms. The normalized spacial score (nSPS) is 22.8. The Morgan fingerprint density at radius 1 is 1.37 bits per heavy atom. The van der Waals surface area contributed by atoms with Crippen molar-refractivity contribution in [1.82, 2.24) is 10.3 Å². The van der Waals surface area contributed by atoms with Gasteiger partial charge in [0, 0.05) is 28.0 Å². The van der Waals surface area contributed by atoms with Gasteiger partial charge in [0.25, 0.3) is 5.91 Å². The second kappa shape index (κ2) is 4.87. The van der Waals surface area contributed by atoms with Gasteiger partial charge in [-0.1, -0.05) is 11.6 Å². The molecule has 0 bridgehead atoms. The molecule has 0 aliphatic heterocycles. The monoisotopic (exact) mass is 277 g/mol. The molecule has 2 atom stereocenters. The molecular formula is C14H16ClN3O. The van der Waals surface area contributed by atoms with Gasteiger partial charge in [-0.05, 0) is 43.5 Å². The van der Waals surface area contributed by atoms with Gasteiger partial charge in [-0.15, -0.1) is 0 Å². The minimum absolute atomic E-state index is 0.0720.